The van der Waals surface area contributed by atoms with Crippen molar-refractivity contribution in [1.29, 1.82) is 0 Å². The zero-order valence-corrected chi connectivity index (χ0v) is 17.6. The molecule has 0 amide bonds. The van der Waals surface area contributed by atoms with Crippen LogP contribution in [0.1, 0.15) is 37.7 Å². The second-order valence-corrected chi connectivity index (χ2v) is 8.31. The molecule has 0 fully saturated rings. The monoisotopic (exact) mass is 434 g/mol. The molecule has 0 saturated heterocycles. The molecule has 8 heteroatoms. The molecular formula is C23H21F3O5. The van der Waals surface area contributed by atoms with Crippen LogP contribution in [0.5, 0.6) is 17.2 Å². The predicted octanol–water partition coefficient (Wildman–Crippen LogP) is 6.17. The molecule has 1 heterocycles. The quantitative estimate of drug-likeness (QED) is 0.364. The summed E-state index contributed by atoms with van der Waals surface area (Å²) in [5.41, 5.74) is -0.653. The summed E-state index contributed by atoms with van der Waals surface area (Å²) in [6.07, 6.45) is -4.99. The highest BCUT2D eigenvalue weighted by atomic mass is 19.4. The lowest BCUT2D eigenvalue weighted by atomic mass is 9.97. The maximum atomic E-state index is 13.7. The highest BCUT2D eigenvalue weighted by Gasteiger charge is 2.40. The maximum absolute atomic E-state index is 13.7. The van der Waals surface area contributed by atoms with Crippen LogP contribution in [0.4, 0.5) is 13.2 Å². The summed E-state index contributed by atoms with van der Waals surface area (Å²) in [5.74, 6) is -3.05. The number of carbonyl (C=O) groups excluding carboxylic acids is 1. The van der Waals surface area contributed by atoms with Crippen molar-refractivity contribution in [3.05, 3.63) is 63.5 Å². The molecule has 0 aliphatic carbocycles. The molecule has 0 bridgehead atoms. The van der Waals surface area contributed by atoms with Crippen LogP contribution in [-0.4, -0.2) is 5.97 Å². The lowest BCUT2D eigenvalue weighted by molar-refractivity contribution is -0.154. The van der Waals surface area contributed by atoms with Crippen molar-refractivity contribution >= 4 is 16.9 Å². The minimum absolute atomic E-state index is 0.0355. The molecule has 0 spiro atoms. The van der Waals surface area contributed by atoms with Crippen LogP contribution >= 0.6 is 0 Å². The van der Waals surface area contributed by atoms with Gasteiger partial charge in [-0.15, -0.1) is 0 Å². The number of alkyl halides is 3. The fourth-order valence-corrected chi connectivity index (χ4v) is 2.87. The Morgan fingerprint density at radius 3 is 2.10 bits per heavy atom. The Hall–Kier alpha value is -3.29. The molecule has 0 unspecified atom stereocenters. The lowest BCUT2D eigenvalue weighted by Gasteiger charge is -2.17. The Morgan fingerprint density at radius 1 is 0.935 bits per heavy atom. The van der Waals surface area contributed by atoms with Gasteiger partial charge in [-0.05, 0) is 70.0 Å². The van der Waals surface area contributed by atoms with Crippen molar-refractivity contribution in [3.63, 3.8) is 0 Å². The normalized spacial score (nSPS) is 12.1. The molecule has 2 aromatic carbocycles. The van der Waals surface area contributed by atoms with Gasteiger partial charge >= 0.3 is 12.1 Å². The Kier molecular flexibility index (Phi) is 5.60. The van der Waals surface area contributed by atoms with Gasteiger partial charge in [0.15, 0.2) is 0 Å². The van der Waals surface area contributed by atoms with Gasteiger partial charge < -0.3 is 13.9 Å². The predicted molar refractivity (Wildman–Crippen MR) is 109 cm³/mol. The third-order valence-corrected chi connectivity index (χ3v) is 4.32. The average molecular weight is 434 g/mol. The summed E-state index contributed by atoms with van der Waals surface area (Å²) in [4.78, 5) is 24.9. The van der Waals surface area contributed by atoms with Gasteiger partial charge in [0.25, 0.3) is 5.76 Å². The van der Waals surface area contributed by atoms with Crippen molar-refractivity contribution < 1.29 is 31.9 Å². The summed E-state index contributed by atoms with van der Waals surface area (Å²) in [7, 11) is 0. The van der Waals surface area contributed by atoms with Crippen molar-refractivity contribution in [1.82, 2.24) is 0 Å². The molecule has 0 atom stereocenters. The Bertz CT molecular complexity index is 1200. The van der Waals surface area contributed by atoms with Gasteiger partial charge in [-0.2, -0.15) is 13.2 Å². The van der Waals surface area contributed by atoms with E-state index in [2.05, 4.69) is 0 Å². The summed E-state index contributed by atoms with van der Waals surface area (Å²) in [6, 6.07) is 8.49. The molecule has 31 heavy (non-hydrogen) atoms. The molecule has 0 aliphatic heterocycles. The van der Waals surface area contributed by atoms with Crippen molar-refractivity contribution in [2.45, 2.75) is 40.8 Å². The number of ether oxygens (including phenoxy) is 2. The fraction of sp³-hybridized carbons (Fsp3) is 0.304. The van der Waals surface area contributed by atoms with Gasteiger partial charge in [0, 0.05) is 6.07 Å². The first kappa shape index (κ1) is 22.4. The Morgan fingerprint density at radius 2 is 1.55 bits per heavy atom. The molecule has 0 saturated carbocycles. The number of hydrogen-bond donors (Lipinski definition) is 0. The van der Waals surface area contributed by atoms with E-state index in [0.717, 1.165) is 17.2 Å². The number of rotatable bonds is 3. The number of halogens is 3. The number of hydrogen-bond acceptors (Lipinski definition) is 5. The number of benzene rings is 2. The number of aryl methyl sites for hydroxylation is 2. The van der Waals surface area contributed by atoms with E-state index < -0.39 is 34.5 Å². The SMILES string of the molecule is Cc1cc(C)cc(Oc2c(C(F)(F)F)oc3cc(OC(=O)C(C)(C)C)ccc3c2=O)c1. The van der Waals surface area contributed by atoms with E-state index in [1.165, 1.54) is 24.3 Å². The van der Waals surface area contributed by atoms with Crippen LogP contribution in [0.15, 0.2) is 45.6 Å². The first-order chi connectivity index (χ1) is 14.3. The zero-order chi connectivity index (χ0) is 23.1. The molecule has 5 nitrogen and oxygen atoms in total. The third-order valence-electron chi connectivity index (χ3n) is 4.32. The van der Waals surface area contributed by atoms with Crippen LogP contribution in [-0.2, 0) is 11.0 Å². The third kappa shape index (κ3) is 4.90. The van der Waals surface area contributed by atoms with Gasteiger partial charge in [0.1, 0.15) is 17.1 Å². The second kappa shape index (κ2) is 7.76. The van der Waals surface area contributed by atoms with Crippen molar-refractivity contribution in [3.8, 4) is 17.2 Å². The summed E-state index contributed by atoms with van der Waals surface area (Å²) in [5, 5.41) is -0.136. The number of fused-ring (bicyclic) bond motifs is 1. The topological polar surface area (TPSA) is 65.7 Å². The smallest absolute Gasteiger partial charge is 0.449 e. The molecule has 0 aliphatic rings. The molecule has 1 aromatic heterocycles. The van der Waals surface area contributed by atoms with Gasteiger partial charge in [-0.25, -0.2) is 0 Å². The second-order valence-electron chi connectivity index (χ2n) is 8.31. The number of carbonyl (C=O) groups is 1. The van der Waals surface area contributed by atoms with Crippen LogP contribution in [0, 0.1) is 19.3 Å². The molecular weight excluding hydrogens is 413 g/mol. The zero-order valence-electron chi connectivity index (χ0n) is 17.6. The first-order valence-electron chi connectivity index (χ1n) is 9.42. The van der Waals surface area contributed by atoms with E-state index in [1.807, 2.05) is 6.07 Å². The van der Waals surface area contributed by atoms with Gasteiger partial charge in [-0.3, -0.25) is 9.59 Å². The van der Waals surface area contributed by atoms with Crippen LogP contribution in [0.25, 0.3) is 11.0 Å². The van der Waals surface area contributed by atoms with Crippen molar-refractivity contribution in [2.75, 3.05) is 0 Å². The van der Waals surface area contributed by atoms with E-state index in [-0.39, 0.29) is 22.5 Å². The minimum atomic E-state index is -4.99. The lowest BCUT2D eigenvalue weighted by Crippen LogP contribution is -2.25. The summed E-state index contributed by atoms with van der Waals surface area (Å²) in [6.45, 7) is 8.42. The summed E-state index contributed by atoms with van der Waals surface area (Å²) < 4.78 is 56.7. The number of esters is 1. The average Bonchev–Trinajstić information content (AvgIpc) is 2.61. The highest BCUT2D eigenvalue weighted by Crippen LogP contribution is 2.39. The molecule has 0 radical (unpaired) electrons. The Labute approximate surface area is 176 Å². The van der Waals surface area contributed by atoms with E-state index in [9.17, 15) is 22.8 Å². The maximum Gasteiger partial charge on any atom is 0.453 e. The van der Waals surface area contributed by atoms with E-state index in [1.54, 1.807) is 34.6 Å². The molecule has 164 valence electrons. The van der Waals surface area contributed by atoms with Crippen LogP contribution < -0.4 is 14.9 Å². The molecule has 3 rings (SSSR count). The summed E-state index contributed by atoms with van der Waals surface area (Å²) >= 11 is 0. The fourth-order valence-electron chi connectivity index (χ4n) is 2.87. The molecule has 0 N–H and O–H groups in total. The van der Waals surface area contributed by atoms with Crippen molar-refractivity contribution in [2.24, 2.45) is 5.41 Å². The van der Waals surface area contributed by atoms with E-state index in [4.69, 9.17) is 13.9 Å². The van der Waals surface area contributed by atoms with Crippen LogP contribution in [0.2, 0.25) is 0 Å². The Balaban J connectivity index is 2.14. The first-order valence-corrected chi connectivity index (χ1v) is 9.42. The standard InChI is InChI=1S/C23H21F3O5/c1-12-8-13(2)10-15(9-12)29-19-18(27)16-7-6-14(30-21(28)22(3,4)5)11-17(16)31-20(19)23(24,25)26/h6-11H,1-5H3. The van der Waals surface area contributed by atoms with Gasteiger partial charge in [0.2, 0.25) is 11.2 Å². The minimum Gasteiger partial charge on any atom is -0.449 e. The highest BCUT2D eigenvalue weighted by molar-refractivity contribution is 5.82. The van der Waals surface area contributed by atoms with Crippen LogP contribution in [0.3, 0.4) is 0 Å². The van der Waals surface area contributed by atoms with Gasteiger partial charge in [-0.1, -0.05) is 6.07 Å². The molecule has 3 aromatic rings. The van der Waals surface area contributed by atoms with Gasteiger partial charge in [0.05, 0.1) is 10.8 Å². The van der Waals surface area contributed by atoms with E-state index >= 15 is 0 Å². The largest absolute Gasteiger partial charge is 0.453 e. The van der Waals surface area contributed by atoms with E-state index in [0.29, 0.717) is 0 Å².